The van der Waals surface area contributed by atoms with Crippen LogP contribution in [0, 0.1) is 6.92 Å². The Balaban J connectivity index is 2.37. The van der Waals surface area contributed by atoms with E-state index < -0.39 is 0 Å². The third-order valence-electron chi connectivity index (χ3n) is 3.37. The SMILES string of the molecule is Cc1ccc(N2CCCC2(C)C)c(N)c1. The van der Waals surface area contributed by atoms with Crippen molar-refractivity contribution in [3.05, 3.63) is 23.8 Å². The van der Waals surface area contributed by atoms with Crippen LogP contribution in [0.1, 0.15) is 32.3 Å². The maximum atomic E-state index is 6.08. The fourth-order valence-electron chi connectivity index (χ4n) is 2.47. The van der Waals surface area contributed by atoms with E-state index in [2.05, 4.69) is 43.9 Å². The fraction of sp³-hybridized carbons (Fsp3) is 0.538. The van der Waals surface area contributed by atoms with Gasteiger partial charge in [0.05, 0.1) is 11.4 Å². The second kappa shape index (κ2) is 3.44. The van der Waals surface area contributed by atoms with E-state index in [1.807, 2.05) is 0 Å². The number of aryl methyl sites for hydroxylation is 1. The van der Waals surface area contributed by atoms with Crippen LogP contribution in [0.25, 0.3) is 0 Å². The third kappa shape index (κ3) is 1.81. The number of anilines is 2. The Bertz CT molecular complexity index is 369. The number of benzene rings is 1. The van der Waals surface area contributed by atoms with Gasteiger partial charge in [-0.1, -0.05) is 6.07 Å². The molecule has 1 heterocycles. The number of hydrogen-bond donors (Lipinski definition) is 1. The highest BCUT2D eigenvalue weighted by Gasteiger charge is 2.32. The summed E-state index contributed by atoms with van der Waals surface area (Å²) in [5.41, 5.74) is 9.67. The molecule has 0 atom stereocenters. The highest BCUT2D eigenvalue weighted by molar-refractivity contribution is 5.69. The first-order valence-corrected chi connectivity index (χ1v) is 5.64. The molecule has 2 rings (SSSR count). The van der Waals surface area contributed by atoms with Crippen LogP contribution < -0.4 is 10.6 Å². The molecule has 0 radical (unpaired) electrons. The van der Waals surface area contributed by atoms with Gasteiger partial charge in [-0.2, -0.15) is 0 Å². The Hall–Kier alpha value is -1.18. The first-order chi connectivity index (χ1) is 7.00. The molecule has 0 unspecified atom stereocenters. The molecule has 2 nitrogen and oxygen atoms in total. The van der Waals surface area contributed by atoms with Crippen LogP contribution in [0.4, 0.5) is 11.4 Å². The van der Waals surface area contributed by atoms with Gasteiger partial charge >= 0.3 is 0 Å². The van der Waals surface area contributed by atoms with Gasteiger partial charge in [-0.05, 0) is 51.3 Å². The Morgan fingerprint density at radius 1 is 1.33 bits per heavy atom. The first kappa shape index (κ1) is 10.3. The van der Waals surface area contributed by atoms with Gasteiger partial charge < -0.3 is 10.6 Å². The van der Waals surface area contributed by atoms with E-state index in [0.29, 0.717) is 0 Å². The van der Waals surface area contributed by atoms with Crippen LogP contribution in [0.5, 0.6) is 0 Å². The molecule has 2 N–H and O–H groups in total. The van der Waals surface area contributed by atoms with E-state index in [4.69, 9.17) is 5.73 Å². The summed E-state index contributed by atoms with van der Waals surface area (Å²) in [6, 6.07) is 6.35. The summed E-state index contributed by atoms with van der Waals surface area (Å²) in [5, 5.41) is 0. The molecule has 1 aromatic rings. The van der Waals surface area contributed by atoms with Crippen molar-refractivity contribution in [1.29, 1.82) is 0 Å². The van der Waals surface area contributed by atoms with E-state index in [1.165, 1.54) is 24.1 Å². The third-order valence-corrected chi connectivity index (χ3v) is 3.37. The van der Waals surface area contributed by atoms with Crippen LogP contribution >= 0.6 is 0 Å². The molecule has 0 aliphatic carbocycles. The van der Waals surface area contributed by atoms with Gasteiger partial charge in [0.2, 0.25) is 0 Å². The number of nitrogen functional groups attached to an aromatic ring is 1. The number of rotatable bonds is 1. The van der Waals surface area contributed by atoms with Crippen molar-refractivity contribution in [2.45, 2.75) is 39.2 Å². The lowest BCUT2D eigenvalue weighted by molar-refractivity contribution is 0.518. The second-order valence-corrected chi connectivity index (χ2v) is 5.13. The molecule has 1 aliphatic rings. The summed E-state index contributed by atoms with van der Waals surface area (Å²) in [6.45, 7) is 7.79. The van der Waals surface area contributed by atoms with Crippen molar-refractivity contribution in [3.8, 4) is 0 Å². The van der Waals surface area contributed by atoms with E-state index in [1.54, 1.807) is 0 Å². The molecule has 1 aromatic carbocycles. The molecular weight excluding hydrogens is 184 g/mol. The zero-order valence-electron chi connectivity index (χ0n) is 9.88. The minimum absolute atomic E-state index is 0.253. The van der Waals surface area contributed by atoms with Gasteiger partial charge in [0.1, 0.15) is 0 Å². The lowest BCUT2D eigenvalue weighted by atomic mass is 10.0. The minimum Gasteiger partial charge on any atom is -0.397 e. The Kier molecular flexibility index (Phi) is 2.37. The highest BCUT2D eigenvalue weighted by Crippen LogP contribution is 2.36. The van der Waals surface area contributed by atoms with E-state index in [-0.39, 0.29) is 5.54 Å². The quantitative estimate of drug-likeness (QED) is 0.713. The maximum absolute atomic E-state index is 6.08. The monoisotopic (exact) mass is 204 g/mol. The fourth-order valence-corrected chi connectivity index (χ4v) is 2.47. The van der Waals surface area contributed by atoms with Crippen molar-refractivity contribution in [2.75, 3.05) is 17.2 Å². The summed E-state index contributed by atoms with van der Waals surface area (Å²) in [4.78, 5) is 2.43. The van der Waals surface area contributed by atoms with Crippen molar-refractivity contribution in [3.63, 3.8) is 0 Å². The van der Waals surface area contributed by atoms with Gasteiger partial charge in [-0.15, -0.1) is 0 Å². The average molecular weight is 204 g/mol. The van der Waals surface area contributed by atoms with Crippen molar-refractivity contribution < 1.29 is 0 Å². The lowest BCUT2D eigenvalue weighted by Crippen LogP contribution is -2.38. The molecule has 0 spiro atoms. The second-order valence-electron chi connectivity index (χ2n) is 5.13. The van der Waals surface area contributed by atoms with Crippen LogP contribution in [0.2, 0.25) is 0 Å². The molecule has 1 saturated heterocycles. The zero-order valence-corrected chi connectivity index (χ0v) is 9.88. The molecule has 82 valence electrons. The molecule has 1 aliphatic heterocycles. The summed E-state index contributed by atoms with van der Waals surface area (Å²) >= 11 is 0. The van der Waals surface area contributed by atoms with Gasteiger partial charge in [0, 0.05) is 12.1 Å². The Morgan fingerprint density at radius 3 is 2.60 bits per heavy atom. The highest BCUT2D eigenvalue weighted by atomic mass is 15.2. The molecule has 0 aromatic heterocycles. The predicted molar refractivity (Wildman–Crippen MR) is 66.3 cm³/mol. The lowest BCUT2D eigenvalue weighted by Gasteiger charge is -2.34. The zero-order chi connectivity index (χ0) is 11.1. The standard InChI is InChI=1S/C13H20N2/c1-10-5-6-12(11(14)9-10)15-8-4-7-13(15,2)3/h5-6,9H,4,7-8,14H2,1-3H3. The summed E-state index contributed by atoms with van der Waals surface area (Å²) in [6.07, 6.45) is 2.51. The van der Waals surface area contributed by atoms with Crippen molar-refractivity contribution in [2.24, 2.45) is 0 Å². The number of nitrogens with zero attached hydrogens (tertiary/aromatic N) is 1. The van der Waals surface area contributed by atoms with Crippen LogP contribution in [0.15, 0.2) is 18.2 Å². The van der Waals surface area contributed by atoms with Gasteiger partial charge in [0.25, 0.3) is 0 Å². The maximum Gasteiger partial charge on any atom is 0.0604 e. The number of hydrogen-bond acceptors (Lipinski definition) is 2. The van der Waals surface area contributed by atoms with Crippen LogP contribution in [-0.4, -0.2) is 12.1 Å². The van der Waals surface area contributed by atoms with Crippen molar-refractivity contribution >= 4 is 11.4 Å². The molecule has 15 heavy (non-hydrogen) atoms. The largest absolute Gasteiger partial charge is 0.397 e. The smallest absolute Gasteiger partial charge is 0.0604 e. The number of nitrogens with two attached hydrogens (primary N) is 1. The van der Waals surface area contributed by atoms with E-state index in [0.717, 1.165) is 12.2 Å². The molecule has 0 bridgehead atoms. The minimum atomic E-state index is 0.253. The predicted octanol–water partition coefficient (Wildman–Crippen LogP) is 2.96. The Morgan fingerprint density at radius 2 is 2.07 bits per heavy atom. The molecule has 2 heteroatoms. The van der Waals surface area contributed by atoms with E-state index in [9.17, 15) is 0 Å². The summed E-state index contributed by atoms with van der Waals surface area (Å²) < 4.78 is 0. The topological polar surface area (TPSA) is 29.3 Å². The Labute approximate surface area is 92.1 Å². The van der Waals surface area contributed by atoms with Gasteiger partial charge in [0.15, 0.2) is 0 Å². The molecule has 1 fully saturated rings. The molecule has 0 saturated carbocycles. The van der Waals surface area contributed by atoms with Gasteiger partial charge in [-0.3, -0.25) is 0 Å². The van der Waals surface area contributed by atoms with Crippen LogP contribution in [0.3, 0.4) is 0 Å². The average Bonchev–Trinajstić information content (AvgIpc) is 2.46. The first-order valence-electron chi connectivity index (χ1n) is 5.64. The summed E-state index contributed by atoms with van der Waals surface area (Å²) in [7, 11) is 0. The van der Waals surface area contributed by atoms with E-state index >= 15 is 0 Å². The summed E-state index contributed by atoms with van der Waals surface area (Å²) in [5.74, 6) is 0. The van der Waals surface area contributed by atoms with Crippen molar-refractivity contribution in [1.82, 2.24) is 0 Å². The van der Waals surface area contributed by atoms with Crippen LogP contribution in [-0.2, 0) is 0 Å². The van der Waals surface area contributed by atoms with Gasteiger partial charge in [-0.25, -0.2) is 0 Å². The normalized spacial score (nSPS) is 19.5. The molecular formula is C13H20N2. The molecule has 0 amide bonds.